The summed E-state index contributed by atoms with van der Waals surface area (Å²) in [7, 11) is 0. The maximum atomic E-state index is 11.4. The Morgan fingerprint density at radius 2 is 1.92 bits per heavy atom. The molecule has 0 aliphatic carbocycles. The van der Waals surface area contributed by atoms with Crippen molar-refractivity contribution in [2.45, 2.75) is 44.1 Å². The average Bonchev–Trinajstić information content (AvgIpc) is 2.58. The van der Waals surface area contributed by atoms with Crippen molar-refractivity contribution in [1.82, 2.24) is 5.32 Å². The first-order chi connectivity index (χ1) is 12.0. The van der Waals surface area contributed by atoms with E-state index in [-0.39, 0.29) is 5.91 Å². The predicted octanol–water partition coefficient (Wildman–Crippen LogP) is -1.80. The fourth-order valence-electron chi connectivity index (χ4n) is 2.88. The summed E-state index contributed by atoms with van der Waals surface area (Å²) in [6.07, 6.45) is -0.743. The van der Waals surface area contributed by atoms with Crippen LogP contribution in [0.3, 0.4) is 0 Å². The summed E-state index contributed by atoms with van der Waals surface area (Å²) in [4.78, 5) is 22.8. The fraction of sp³-hybridized carbons (Fsp3) is 0.875. The van der Waals surface area contributed by atoms with Crippen LogP contribution in [-0.2, 0) is 23.8 Å². The Labute approximate surface area is 147 Å². The normalized spacial score (nSPS) is 29.4. The van der Waals surface area contributed by atoms with E-state index in [1.807, 2.05) is 0 Å². The van der Waals surface area contributed by atoms with Gasteiger partial charge in [-0.05, 0) is 12.8 Å². The molecular weight excluding hydrogens is 332 g/mol. The van der Waals surface area contributed by atoms with Crippen molar-refractivity contribution in [2.24, 2.45) is 11.7 Å². The molecule has 1 amide bonds. The molecule has 0 spiro atoms. The van der Waals surface area contributed by atoms with E-state index in [0.717, 1.165) is 0 Å². The first kappa shape index (κ1) is 21.9. The maximum absolute atomic E-state index is 11.4. The van der Waals surface area contributed by atoms with Crippen molar-refractivity contribution in [1.29, 1.82) is 0 Å². The number of hydrogen-bond donors (Lipinski definition) is 4. The Morgan fingerprint density at radius 3 is 2.48 bits per heavy atom. The molecule has 5 atom stereocenters. The number of hydrogen-bond acceptors (Lipinski definition) is 8. The van der Waals surface area contributed by atoms with Gasteiger partial charge in [-0.1, -0.05) is 0 Å². The van der Waals surface area contributed by atoms with Gasteiger partial charge in [0.25, 0.3) is 0 Å². The molecular formula is C16H30N2O7. The number of aliphatic hydroxyl groups excluding tert-OH is 2. The second-order valence-electron chi connectivity index (χ2n) is 5.98. The van der Waals surface area contributed by atoms with Crippen LogP contribution in [0.4, 0.5) is 0 Å². The topological polar surface area (TPSA) is 140 Å². The summed E-state index contributed by atoms with van der Waals surface area (Å²) in [6.45, 7) is 3.30. The second-order valence-corrected chi connectivity index (χ2v) is 5.98. The third-order valence-corrected chi connectivity index (χ3v) is 4.06. The molecule has 0 aromatic carbocycles. The second kappa shape index (κ2) is 12.3. The van der Waals surface area contributed by atoms with E-state index < -0.39 is 36.9 Å². The zero-order chi connectivity index (χ0) is 18.7. The lowest BCUT2D eigenvalue weighted by atomic mass is 9.83. The van der Waals surface area contributed by atoms with Gasteiger partial charge in [0.1, 0.15) is 12.4 Å². The lowest BCUT2D eigenvalue weighted by Crippen LogP contribution is -2.61. The van der Waals surface area contributed by atoms with Gasteiger partial charge in [0.05, 0.1) is 50.6 Å². The number of aliphatic hydroxyl groups is 2. The summed E-state index contributed by atoms with van der Waals surface area (Å²) in [5, 5.41) is 22.1. The minimum absolute atomic E-state index is 0.312. The molecule has 1 aliphatic rings. The van der Waals surface area contributed by atoms with Gasteiger partial charge in [0, 0.05) is 20.1 Å². The molecule has 0 bridgehead atoms. The number of carbonyl (C=O) groups is 2. The highest BCUT2D eigenvalue weighted by molar-refractivity contribution is 5.74. The summed E-state index contributed by atoms with van der Waals surface area (Å²) < 4.78 is 16.3. The van der Waals surface area contributed by atoms with Crippen LogP contribution in [0.25, 0.3) is 0 Å². The van der Waals surface area contributed by atoms with Crippen LogP contribution in [0, 0.1) is 5.92 Å². The molecule has 1 rings (SSSR count). The van der Waals surface area contributed by atoms with Gasteiger partial charge in [-0.15, -0.1) is 0 Å². The van der Waals surface area contributed by atoms with Crippen molar-refractivity contribution in [3.8, 4) is 0 Å². The molecule has 0 unspecified atom stereocenters. The molecule has 146 valence electrons. The summed E-state index contributed by atoms with van der Waals surface area (Å²) >= 11 is 0. The van der Waals surface area contributed by atoms with Crippen molar-refractivity contribution in [2.75, 3.05) is 39.6 Å². The van der Waals surface area contributed by atoms with Gasteiger partial charge in [0.15, 0.2) is 0 Å². The van der Waals surface area contributed by atoms with E-state index >= 15 is 0 Å². The number of nitrogens with one attached hydrogen (secondary N) is 1. The number of amides is 1. The van der Waals surface area contributed by atoms with Gasteiger partial charge in [-0.2, -0.15) is 0 Å². The lowest BCUT2D eigenvalue weighted by Gasteiger charge is -2.43. The number of rotatable bonds is 12. The minimum Gasteiger partial charge on any atom is -0.394 e. The number of carbonyl (C=O) groups excluding carboxylic acids is 2. The van der Waals surface area contributed by atoms with E-state index in [1.165, 1.54) is 6.92 Å². The number of nitrogens with two attached hydrogens (primary N) is 1. The SMILES string of the molecule is CC(=O)N[C@@H]1[C@@H](C=O)[C@@H](O)[C@@H](CO)O[C@@H]1CCCOCCOCCN. The van der Waals surface area contributed by atoms with Gasteiger partial charge in [-0.3, -0.25) is 4.79 Å². The third kappa shape index (κ3) is 7.35. The van der Waals surface area contributed by atoms with Crippen LogP contribution >= 0.6 is 0 Å². The highest BCUT2D eigenvalue weighted by Gasteiger charge is 2.44. The Balaban J connectivity index is 2.48. The average molecular weight is 362 g/mol. The van der Waals surface area contributed by atoms with E-state index in [4.69, 9.17) is 19.9 Å². The molecule has 1 fully saturated rings. The largest absolute Gasteiger partial charge is 0.394 e. The number of ether oxygens (including phenoxy) is 3. The van der Waals surface area contributed by atoms with Crippen molar-refractivity contribution >= 4 is 12.2 Å². The van der Waals surface area contributed by atoms with Crippen LogP contribution in [0.5, 0.6) is 0 Å². The Kier molecular flexibility index (Phi) is 10.8. The van der Waals surface area contributed by atoms with E-state index in [2.05, 4.69) is 5.32 Å². The Morgan fingerprint density at radius 1 is 1.24 bits per heavy atom. The molecule has 0 radical (unpaired) electrons. The quantitative estimate of drug-likeness (QED) is 0.235. The highest BCUT2D eigenvalue weighted by Crippen LogP contribution is 2.27. The summed E-state index contributed by atoms with van der Waals surface area (Å²) in [5.41, 5.74) is 5.31. The molecule has 1 heterocycles. The molecule has 25 heavy (non-hydrogen) atoms. The molecule has 0 aromatic heterocycles. The zero-order valence-electron chi connectivity index (χ0n) is 14.6. The van der Waals surface area contributed by atoms with Gasteiger partial charge >= 0.3 is 0 Å². The molecule has 9 heteroatoms. The van der Waals surface area contributed by atoms with Crippen molar-refractivity contribution < 1.29 is 34.0 Å². The molecule has 1 aliphatic heterocycles. The van der Waals surface area contributed by atoms with Crippen LogP contribution in [0.2, 0.25) is 0 Å². The third-order valence-electron chi connectivity index (χ3n) is 4.06. The van der Waals surface area contributed by atoms with Crippen molar-refractivity contribution in [3.05, 3.63) is 0 Å². The van der Waals surface area contributed by atoms with Crippen LogP contribution in [-0.4, -0.2) is 86.3 Å². The molecule has 9 nitrogen and oxygen atoms in total. The molecule has 0 aromatic rings. The van der Waals surface area contributed by atoms with E-state index in [0.29, 0.717) is 52.1 Å². The van der Waals surface area contributed by atoms with Gasteiger partial charge < -0.3 is 40.3 Å². The minimum atomic E-state index is -1.16. The first-order valence-corrected chi connectivity index (χ1v) is 8.57. The van der Waals surface area contributed by atoms with Gasteiger partial charge in [-0.25, -0.2) is 0 Å². The predicted molar refractivity (Wildman–Crippen MR) is 88.8 cm³/mol. The Bertz CT molecular complexity index is 397. The monoisotopic (exact) mass is 362 g/mol. The van der Waals surface area contributed by atoms with Crippen LogP contribution in [0.1, 0.15) is 19.8 Å². The maximum Gasteiger partial charge on any atom is 0.217 e. The summed E-state index contributed by atoms with van der Waals surface area (Å²) in [6, 6.07) is -0.638. The lowest BCUT2D eigenvalue weighted by molar-refractivity contribution is -0.177. The van der Waals surface area contributed by atoms with E-state index in [1.54, 1.807) is 0 Å². The molecule has 1 saturated heterocycles. The standard InChI is InChI=1S/C16H30N2O7/c1-11(21)18-15-12(9-19)16(22)14(10-20)25-13(15)3-2-5-23-7-8-24-6-4-17/h9,12-16,20,22H,2-8,10,17H2,1H3,(H,18,21)/t12-,13-,14-,15-,16-/m1/s1. The zero-order valence-corrected chi connectivity index (χ0v) is 14.6. The fourth-order valence-corrected chi connectivity index (χ4v) is 2.88. The van der Waals surface area contributed by atoms with Crippen molar-refractivity contribution in [3.63, 3.8) is 0 Å². The van der Waals surface area contributed by atoms with Crippen LogP contribution < -0.4 is 11.1 Å². The first-order valence-electron chi connectivity index (χ1n) is 8.57. The van der Waals surface area contributed by atoms with Gasteiger partial charge in [0.2, 0.25) is 5.91 Å². The highest BCUT2D eigenvalue weighted by atomic mass is 16.5. The Hall–Kier alpha value is -1.10. The molecule has 0 saturated carbocycles. The molecule has 5 N–H and O–H groups in total. The smallest absolute Gasteiger partial charge is 0.217 e. The summed E-state index contributed by atoms with van der Waals surface area (Å²) in [5.74, 6) is -1.14. The van der Waals surface area contributed by atoms with Crippen LogP contribution in [0.15, 0.2) is 0 Å². The van der Waals surface area contributed by atoms with E-state index in [9.17, 15) is 19.8 Å². The number of aldehydes is 1.